The van der Waals surface area contributed by atoms with E-state index in [1.165, 1.54) is 29.7 Å². The molecule has 122 valence electrons. The Morgan fingerprint density at radius 2 is 2.04 bits per heavy atom. The van der Waals surface area contributed by atoms with Gasteiger partial charge in [-0.25, -0.2) is 0 Å². The maximum absolute atomic E-state index is 12.6. The first-order valence-corrected chi connectivity index (χ1v) is 9.27. The summed E-state index contributed by atoms with van der Waals surface area (Å²) in [6, 6.07) is 8.67. The largest absolute Gasteiger partial charge is 0.341 e. The van der Waals surface area contributed by atoms with Crippen LogP contribution in [0.25, 0.3) is 11.3 Å². The molecule has 3 nitrogen and oxygen atoms in total. The number of aromatic nitrogens is 1. The SMILES string of the molecule is Cc1ccc(-c2csc(=S)n2CC(=O)N(C)C(C)C2CC2)cc1. The molecule has 0 bridgehead atoms. The van der Waals surface area contributed by atoms with Crippen molar-refractivity contribution in [2.75, 3.05) is 7.05 Å². The summed E-state index contributed by atoms with van der Waals surface area (Å²) in [6.45, 7) is 4.53. The summed E-state index contributed by atoms with van der Waals surface area (Å²) in [4.78, 5) is 14.5. The molecule has 1 saturated carbocycles. The van der Waals surface area contributed by atoms with E-state index in [1.54, 1.807) is 0 Å². The molecular weight excluding hydrogens is 324 g/mol. The van der Waals surface area contributed by atoms with Crippen LogP contribution in [-0.2, 0) is 11.3 Å². The molecule has 1 heterocycles. The van der Waals surface area contributed by atoms with E-state index in [-0.39, 0.29) is 5.91 Å². The Kier molecular flexibility index (Phi) is 4.69. The fourth-order valence-corrected chi connectivity index (χ4v) is 3.87. The average Bonchev–Trinajstić information content (AvgIpc) is 3.33. The molecule has 0 aliphatic heterocycles. The lowest BCUT2D eigenvalue weighted by Crippen LogP contribution is -2.38. The number of nitrogens with zero attached hydrogens (tertiary/aromatic N) is 2. The minimum atomic E-state index is 0.132. The highest BCUT2D eigenvalue weighted by atomic mass is 32.1. The van der Waals surface area contributed by atoms with Crippen molar-refractivity contribution >= 4 is 29.5 Å². The number of likely N-dealkylation sites (N-methyl/N-ethyl adjacent to an activating group) is 1. The van der Waals surface area contributed by atoms with Crippen LogP contribution in [0.1, 0.15) is 25.3 Å². The predicted octanol–water partition coefficient (Wildman–Crippen LogP) is 4.51. The maximum atomic E-state index is 12.6. The number of benzene rings is 1. The van der Waals surface area contributed by atoms with Gasteiger partial charge in [0.1, 0.15) is 6.54 Å². The molecule has 2 aromatic rings. The lowest BCUT2D eigenvalue weighted by Gasteiger charge is -2.25. The van der Waals surface area contributed by atoms with Crippen molar-refractivity contribution in [3.63, 3.8) is 0 Å². The number of carbonyl (C=O) groups is 1. The van der Waals surface area contributed by atoms with Gasteiger partial charge in [-0.3, -0.25) is 4.79 Å². The normalized spacial score (nSPS) is 15.4. The maximum Gasteiger partial charge on any atom is 0.242 e. The molecule has 0 radical (unpaired) electrons. The molecule has 3 rings (SSSR count). The minimum Gasteiger partial charge on any atom is -0.341 e. The van der Waals surface area contributed by atoms with Gasteiger partial charge in [-0.15, -0.1) is 11.3 Å². The molecule has 1 atom stereocenters. The van der Waals surface area contributed by atoms with Gasteiger partial charge in [0.15, 0.2) is 3.95 Å². The van der Waals surface area contributed by atoms with E-state index in [0.29, 0.717) is 18.5 Å². The number of hydrogen-bond acceptors (Lipinski definition) is 3. The summed E-state index contributed by atoms with van der Waals surface area (Å²) in [5.41, 5.74) is 3.36. The summed E-state index contributed by atoms with van der Waals surface area (Å²) in [5.74, 6) is 0.809. The third-order valence-corrected chi connectivity index (χ3v) is 6.00. The molecule has 1 aromatic heterocycles. The van der Waals surface area contributed by atoms with Gasteiger partial charge in [-0.2, -0.15) is 0 Å². The molecule has 5 heteroatoms. The van der Waals surface area contributed by atoms with Crippen LogP contribution >= 0.6 is 23.6 Å². The number of amides is 1. The number of hydrogen-bond donors (Lipinski definition) is 0. The van der Waals surface area contributed by atoms with Crippen molar-refractivity contribution in [1.82, 2.24) is 9.47 Å². The number of rotatable bonds is 5. The second kappa shape index (κ2) is 6.57. The van der Waals surface area contributed by atoms with Crippen molar-refractivity contribution in [2.45, 2.75) is 39.3 Å². The molecule has 0 saturated heterocycles. The Bertz CT molecular complexity index is 756. The summed E-state index contributed by atoms with van der Waals surface area (Å²) in [7, 11) is 1.91. The topological polar surface area (TPSA) is 25.2 Å². The Morgan fingerprint density at radius 3 is 2.65 bits per heavy atom. The van der Waals surface area contributed by atoms with Gasteiger partial charge < -0.3 is 9.47 Å². The second-order valence-corrected chi connectivity index (χ2v) is 7.92. The quantitative estimate of drug-likeness (QED) is 0.744. The molecule has 1 amide bonds. The Morgan fingerprint density at radius 1 is 1.39 bits per heavy atom. The fraction of sp³-hybridized carbons (Fsp3) is 0.444. The van der Waals surface area contributed by atoms with Crippen LogP contribution in [0.3, 0.4) is 0 Å². The van der Waals surface area contributed by atoms with Crippen molar-refractivity contribution < 1.29 is 4.79 Å². The molecule has 1 aromatic carbocycles. The van der Waals surface area contributed by atoms with Crippen LogP contribution < -0.4 is 0 Å². The Hall–Kier alpha value is -1.46. The predicted molar refractivity (Wildman–Crippen MR) is 98.3 cm³/mol. The number of thiazole rings is 1. The van der Waals surface area contributed by atoms with Gasteiger partial charge in [-0.05, 0) is 50.4 Å². The molecule has 23 heavy (non-hydrogen) atoms. The van der Waals surface area contributed by atoms with Crippen molar-refractivity contribution in [2.24, 2.45) is 5.92 Å². The van der Waals surface area contributed by atoms with E-state index < -0.39 is 0 Å². The molecule has 0 spiro atoms. The Labute approximate surface area is 146 Å². The van der Waals surface area contributed by atoms with Gasteiger partial charge in [0.25, 0.3) is 0 Å². The van der Waals surface area contributed by atoms with E-state index in [0.717, 1.165) is 15.2 Å². The van der Waals surface area contributed by atoms with Gasteiger partial charge in [0.05, 0.1) is 5.69 Å². The molecule has 1 fully saturated rings. The number of carbonyl (C=O) groups excluding carboxylic acids is 1. The monoisotopic (exact) mass is 346 g/mol. The average molecular weight is 347 g/mol. The molecule has 0 N–H and O–H groups in total. The molecule has 1 aliphatic carbocycles. The molecule has 1 aliphatic rings. The summed E-state index contributed by atoms with van der Waals surface area (Å²) < 4.78 is 2.71. The Balaban J connectivity index is 1.82. The summed E-state index contributed by atoms with van der Waals surface area (Å²) in [6.07, 6.45) is 2.48. The minimum absolute atomic E-state index is 0.132. The van der Waals surface area contributed by atoms with Crippen LogP contribution in [0.4, 0.5) is 0 Å². The van der Waals surface area contributed by atoms with Gasteiger partial charge >= 0.3 is 0 Å². The highest BCUT2D eigenvalue weighted by Crippen LogP contribution is 2.35. The highest BCUT2D eigenvalue weighted by Gasteiger charge is 2.32. The van der Waals surface area contributed by atoms with Gasteiger partial charge in [0.2, 0.25) is 5.91 Å². The zero-order chi connectivity index (χ0) is 16.6. The first-order valence-electron chi connectivity index (χ1n) is 7.98. The third-order valence-electron chi connectivity index (χ3n) is 4.73. The van der Waals surface area contributed by atoms with Crippen molar-refractivity contribution in [3.05, 3.63) is 39.2 Å². The van der Waals surface area contributed by atoms with Crippen LogP contribution in [0, 0.1) is 16.8 Å². The van der Waals surface area contributed by atoms with Crippen LogP contribution in [0.15, 0.2) is 29.6 Å². The second-order valence-electron chi connectivity index (χ2n) is 6.42. The highest BCUT2D eigenvalue weighted by molar-refractivity contribution is 7.73. The third kappa shape index (κ3) is 3.56. The van der Waals surface area contributed by atoms with Crippen molar-refractivity contribution in [3.8, 4) is 11.3 Å². The van der Waals surface area contributed by atoms with Crippen LogP contribution in [-0.4, -0.2) is 28.5 Å². The van der Waals surface area contributed by atoms with E-state index in [4.69, 9.17) is 12.2 Å². The standard InChI is InChI=1S/C18H22N2OS2/c1-12-4-6-15(7-5-12)16-11-23-18(22)20(16)10-17(21)19(3)13(2)14-8-9-14/h4-7,11,13-14H,8-10H2,1-3H3. The van der Waals surface area contributed by atoms with E-state index in [9.17, 15) is 4.79 Å². The first-order chi connectivity index (χ1) is 11.0. The molecule has 1 unspecified atom stereocenters. The summed E-state index contributed by atoms with van der Waals surface area (Å²) >= 11 is 6.96. The van der Waals surface area contributed by atoms with Gasteiger partial charge in [-0.1, -0.05) is 29.8 Å². The van der Waals surface area contributed by atoms with E-state index >= 15 is 0 Å². The van der Waals surface area contributed by atoms with Crippen LogP contribution in [0.5, 0.6) is 0 Å². The smallest absolute Gasteiger partial charge is 0.242 e. The lowest BCUT2D eigenvalue weighted by molar-refractivity contribution is -0.132. The fourth-order valence-electron chi connectivity index (χ4n) is 2.80. The zero-order valence-corrected chi connectivity index (χ0v) is 15.4. The summed E-state index contributed by atoms with van der Waals surface area (Å²) in [5, 5.41) is 2.05. The van der Waals surface area contributed by atoms with Gasteiger partial charge in [0, 0.05) is 18.5 Å². The van der Waals surface area contributed by atoms with E-state index in [2.05, 4.69) is 38.1 Å². The number of aryl methyl sites for hydroxylation is 1. The van der Waals surface area contributed by atoms with Crippen molar-refractivity contribution in [1.29, 1.82) is 0 Å². The molecular formula is C18H22N2OS2. The lowest BCUT2D eigenvalue weighted by atomic mass is 10.1. The van der Waals surface area contributed by atoms with E-state index in [1.807, 2.05) is 21.9 Å². The van der Waals surface area contributed by atoms with Crippen LogP contribution in [0.2, 0.25) is 0 Å². The zero-order valence-electron chi connectivity index (χ0n) is 13.8. The first kappa shape index (κ1) is 16.4.